The van der Waals surface area contributed by atoms with Crippen LogP contribution in [0.4, 0.5) is 0 Å². The molecule has 0 spiro atoms. The van der Waals surface area contributed by atoms with Crippen LogP contribution >= 0.6 is 0 Å². The van der Waals surface area contributed by atoms with Crippen molar-refractivity contribution in [2.75, 3.05) is 13.2 Å². The molecule has 1 aliphatic rings. The number of nitrogens with zero attached hydrogens (tertiary/aromatic N) is 1. The van der Waals surface area contributed by atoms with Crippen LogP contribution in [-0.2, 0) is 4.74 Å². The second-order valence-electron chi connectivity index (χ2n) is 6.23. The van der Waals surface area contributed by atoms with Crippen LogP contribution in [0.15, 0.2) is 0 Å². The third-order valence-corrected chi connectivity index (χ3v) is 4.75. The summed E-state index contributed by atoms with van der Waals surface area (Å²) < 4.78 is 5.10. The van der Waals surface area contributed by atoms with E-state index in [9.17, 15) is 9.59 Å². The molecule has 0 atom stereocenters. The van der Waals surface area contributed by atoms with Crippen molar-refractivity contribution in [2.24, 2.45) is 0 Å². The summed E-state index contributed by atoms with van der Waals surface area (Å²) in [6.07, 6.45) is 5.78. The first-order valence-electron chi connectivity index (χ1n) is 8.68. The zero-order chi connectivity index (χ0) is 17.0. The van der Waals surface area contributed by atoms with E-state index >= 15 is 0 Å². The molecule has 1 amide bonds. The molecule has 1 aliphatic carbocycles. The lowest BCUT2D eigenvalue weighted by molar-refractivity contribution is 0.0525. The Labute approximate surface area is 138 Å². The van der Waals surface area contributed by atoms with E-state index in [1.807, 2.05) is 25.7 Å². The molecule has 1 aromatic rings. The summed E-state index contributed by atoms with van der Waals surface area (Å²) in [4.78, 5) is 30.1. The molecule has 5 heteroatoms. The number of carbonyl (C=O) groups excluding carboxylic acids is 2. The second kappa shape index (κ2) is 7.66. The topological polar surface area (TPSA) is 62.4 Å². The minimum Gasteiger partial charge on any atom is -0.462 e. The van der Waals surface area contributed by atoms with Crippen LogP contribution in [-0.4, -0.2) is 41.0 Å². The van der Waals surface area contributed by atoms with Gasteiger partial charge in [-0.05, 0) is 46.1 Å². The lowest BCUT2D eigenvalue weighted by Crippen LogP contribution is -2.41. The van der Waals surface area contributed by atoms with Gasteiger partial charge in [-0.25, -0.2) is 4.79 Å². The molecule has 0 bridgehead atoms. The highest BCUT2D eigenvalue weighted by Crippen LogP contribution is 2.26. The fraction of sp³-hybridized carbons (Fsp3) is 0.667. The van der Waals surface area contributed by atoms with Crippen LogP contribution in [0.1, 0.15) is 78.1 Å². The number of aryl methyl sites for hydroxylation is 1. The average Bonchev–Trinajstić information content (AvgIpc) is 2.84. The van der Waals surface area contributed by atoms with Crippen LogP contribution < -0.4 is 0 Å². The lowest BCUT2D eigenvalue weighted by atomic mass is 9.94. The Morgan fingerprint density at radius 3 is 2.39 bits per heavy atom. The van der Waals surface area contributed by atoms with Gasteiger partial charge >= 0.3 is 5.97 Å². The van der Waals surface area contributed by atoms with E-state index in [1.54, 1.807) is 6.92 Å². The number of hydrogen-bond acceptors (Lipinski definition) is 3. The third kappa shape index (κ3) is 3.59. The van der Waals surface area contributed by atoms with Gasteiger partial charge in [0.1, 0.15) is 5.69 Å². The van der Waals surface area contributed by atoms with Gasteiger partial charge in [0.25, 0.3) is 5.91 Å². The Balaban J connectivity index is 2.27. The summed E-state index contributed by atoms with van der Waals surface area (Å²) in [6, 6.07) is 0.315. The number of carbonyl (C=O) groups is 2. The van der Waals surface area contributed by atoms with E-state index in [0.717, 1.165) is 12.8 Å². The summed E-state index contributed by atoms with van der Waals surface area (Å²) in [5.74, 6) is -0.367. The minimum atomic E-state index is -0.362. The molecule has 2 rings (SSSR count). The molecule has 1 saturated carbocycles. The third-order valence-electron chi connectivity index (χ3n) is 4.75. The summed E-state index contributed by atoms with van der Waals surface area (Å²) >= 11 is 0. The summed E-state index contributed by atoms with van der Waals surface area (Å²) in [6.45, 7) is 8.45. The monoisotopic (exact) mass is 320 g/mol. The number of aromatic nitrogens is 1. The van der Waals surface area contributed by atoms with Gasteiger partial charge in [0, 0.05) is 18.3 Å². The molecule has 1 N–H and O–H groups in total. The van der Waals surface area contributed by atoms with Crippen molar-refractivity contribution in [3.05, 3.63) is 22.5 Å². The molecule has 0 aromatic carbocycles. The predicted octanol–water partition coefficient (Wildman–Crippen LogP) is 3.60. The molecule has 1 heterocycles. The Hall–Kier alpha value is -1.78. The van der Waals surface area contributed by atoms with Gasteiger partial charge in [0.15, 0.2) is 0 Å². The van der Waals surface area contributed by atoms with Gasteiger partial charge in [-0.2, -0.15) is 0 Å². The maximum Gasteiger partial charge on any atom is 0.340 e. The molecule has 0 unspecified atom stereocenters. The van der Waals surface area contributed by atoms with Crippen LogP contribution in [0, 0.1) is 13.8 Å². The van der Waals surface area contributed by atoms with Crippen molar-refractivity contribution in [1.29, 1.82) is 0 Å². The maximum atomic E-state index is 13.0. The van der Waals surface area contributed by atoms with E-state index in [-0.39, 0.29) is 11.9 Å². The smallest absolute Gasteiger partial charge is 0.340 e. The molecule has 1 aromatic heterocycles. The molecule has 0 aliphatic heterocycles. The highest BCUT2D eigenvalue weighted by Gasteiger charge is 2.29. The van der Waals surface area contributed by atoms with Crippen molar-refractivity contribution < 1.29 is 14.3 Å². The van der Waals surface area contributed by atoms with Gasteiger partial charge < -0.3 is 14.6 Å². The average molecular weight is 320 g/mol. The van der Waals surface area contributed by atoms with Crippen LogP contribution in [0.5, 0.6) is 0 Å². The number of amides is 1. The van der Waals surface area contributed by atoms with E-state index in [4.69, 9.17) is 4.74 Å². The van der Waals surface area contributed by atoms with E-state index in [0.29, 0.717) is 41.7 Å². The molecular weight excluding hydrogens is 292 g/mol. The van der Waals surface area contributed by atoms with Crippen molar-refractivity contribution in [2.45, 2.75) is 65.8 Å². The number of ether oxygens (including phenoxy) is 1. The van der Waals surface area contributed by atoms with Gasteiger partial charge in [-0.15, -0.1) is 0 Å². The first-order valence-corrected chi connectivity index (χ1v) is 8.68. The van der Waals surface area contributed by atoms with Gasteiger partial charge in [-0.3, -0.25) is 4.79 Å². The van der Waals surface area contributed by atoms with Crippen molar-refractivity contribution in [3.63, 3.8) is 0 Å². The number of nitrogens with one attached hydrogen (secondary N) is 1. The summed E-state index contributed by atoms with van der Waals surface area (Å²) in [7, 11) is 0. The largest absolute Gasteiger partial charge is 0.462 e. The van der Waals surface area contributed by atoms with E-state index in [2.05, 4.69) is 4.98 Å². The fourth-order valence-corrected chi connectivity index (χ4v) is 3.58. The Kier molecular flexibility index (Phi) is 5.85. The van der Waals surface area contributed by atoms with E-state index in [1.165, 1.54) is 19.3 Å². The number of esters is 1. The van der Waals surface area contributed by atoms with E-state index < -0.39 is 0 Å². The van der Waals surface area contributed by atoms with Crippen LogP contribution in [0.25, 0.3) is 0 Å². The molecule has 128 valence electrons. The zero-order valence-corrected chi connectivity index (χ0v) is 14.7. The molecule has 0 radical (unpaired) electrons. The lowest BCUT2D eigenvalue weighted by Gasteiger charge is -2.33. The molecule has 0 saturated heterocycles. The quantitative estimate of drug-likeness (QED) is 0.843. The van der Waals surface area contributed by atoms with Crippen LogP contribution in [0.2, 0.25) is 0 Å². The summed E-state index contributed by atoms with van der Waals surface area (Å²) in [5, 5.41) is 0. The second-order valence-corrected chi connectivity index (χ2v) is 6.23. The molecule has 23 heavy (non-hydrogen) atoms. The standard InChI is InChI=1S/C18H28N2O3/c1-5-20(14-10-8-7-9-11-14)17(21)16-12(3)15(13(4)19-16)18(22)23-6-2/h14,19H,5-11H2,1-4H3. The normalized spacial score (nSPS) is 15.5. The minimum absolute atomic E-state index is 0.00412. The Morgan fingerprint density at radius 2 is 1.83 bits per heavy atom. The maximum absolute atomic E-state index is 13.0. The number of aromatic amines is 1. The molecule has 5 nitrogen and oxygen atoms in total. The first-order chi connectivity index (χ1) is 11.0. The first kappa shape index (κ1) is 17.6. The number of rotatable bonds is 5. The Bertz CT molecular complexity index is 571. The predicted molar refractivity (Wildman–Crippen MR) is 89.8 cm³/mol. The zero-order valence-electron chi connectivity index (χ0n) is 14.7. The van der Waals surface area contributed by atoms with Crippen molar-refractivity contribution in [1.82, 2.24) is 9.88 Å². The molecule has 1 fully saturated rings. The molecular formula is C18H28N2O3. The number of hydrogen-bond donors (Lipinski definition) is 1. The fourth-order valence-electron chi connectivity index (χ4n) is 3.58. The highest BCUT2D eigenvalue weighted by molar-refractivity contribution is 6.00. The van der Waals surface area contributed by atoms with Gasteiger partial charge in [-0.1, -0.05) is 19.3 Å². The van der Waals surface area contributed by atoms with Crippen LogP contribution in [0.3, 0.4) is 0 Å². The van der Waals surface area contributed by atoms with Crippen molar-refractivity contribution in [3.8, 4) is 0 Å². The SMILES string of the molecule is CCOC(=O)c1c(C)[nH]c(C(=O)N(CC)C2CCCCC2)c1C. The van der Waals surface area contributed by atoms with Crippen molar-refractivity contribution >= 4 is 11.9 Å². The van der Waals surface area contributed by atoms with Gasteiger partial charge in [0.05, 0.1) is 12.2 Å². The highest BCUT2D eigenvalue weighted by atomic mass is 16.5. The Morgan fingerprint density at radius 1 is 1.17 bits per heavy atom. The van der Waals surface area contributed by atoms with Gasteiger partial charge in [0.2, 0.25) is 0 Å². The number of H-pyrrole nitrogens is 1. The summed E-state index contributed by atoms with van der Waals surface area (Å²) in [5.41, 5.74) is 2.41.